The van der Waals surface area contributed by atoms with E-state index in [2.05, 4.69) is 0 Å². The van der Waals surface area contributed by atoms with Crippen molar-refractivity contribution in [2.45, 2.75) is 25.9 Å². The summed E-state index contributed by atoms with van der Waals surface area (Å²) in [6.45, 7) is 1.37. The number of hydrogen-bond acceptors (Lipinski definition) is 4. The summed E-state index contributed by atoms with van der Waals surface area (Å²) in [5, 5.41) is 18.4. The van der Waals surface area contributed by atoms with Crippen molar-refractivity contribution in [2.75, 3.05) is 0 Å². The van der Waals surface area contributed by atoms with Gasteiger partial charge in [-0.25, -0.2) is 4.79 Å². The van der Waals surface area contributed by atoms with E-state index >= 15 is 0 Å². The molecule has 17 heavy (non-hydrogen) atoms. The summed E-state index contributed by atoms with van der Waals surface area (Å²) < 4.78 is 5.24. The SMILES string of the molecule is CC(=O)c1cc2c(cc1O)OC(C(=O)O)CC2. The molecule has 0 amide bonds. The van der Waals surface area contributed by atoms with Crippen molar-refractivity contribution >= 4 is 11.8 Å². The number of ketones is 1. The molecular weight excluding hydrogens is 224 g/mol. The molecule has 0 aliphatic carbocycles. The van der Waals surface area contributed by atoms with Gasteiger partial charge in [-0.15, -0.1) is 0 Å². The lowest BCUT2D eigenvalue weighted by atomic mass is 9.98. The Kier molecular flexibility index (Phi) is 2.75. The minimum absolute atomic E-state index is 0.178. The normalized spacial score (nSPS) is 18.1. The van der Waals surface area contributed by atoms with Crippen molar-refractivity contribution in [1.29, 1.82) is 0 Å². The summed E-state index contributed by atoms with van der Waals surface area (Å²) in [6, 6.07) is 2.87. The molecular formula is C12H12O5. The first kappa shape index (κ1) is 11.4. The maximum Gasteiger partial charge on any atom is 0.344 e. The van der Waals surface area contributed by atoms with Crippen LogP contribution in [0.3, 0.4) is 0 Å². The van der Waals surface area contributed by atoms with Crippen LogP contribution in [0.1, 0.15) is 29.3 Å². The van der Waals surface area contributed by atoms with E-state index in [4.69, 9.17) is 9.84 Å². The molecule has 1 aromatic rings. The zero-order valence-corrected chi connectivity index (χ0v) is 9.27. The number of carboxylic acids is 1. The van der Waals surface area contributed by atoms with Crippen molar-refractivity contribution in [1.82, 2.24) is 0 Å². The Morgan fingerprint density at radius 3 is 2.71 bits per heavy atom. The highest BCUT2D eigenvalue weighted by molar-refractivity contribution is 5.97. The summed E-state index contributed by atoms with van der Waals surface area (Å²) in [5.41, 5.74) is 0.992. The topological polar surface area (TPSA) is 83.8 Å². The molecule has 0 aromatic heterocycles. The van der Waals surface area contributed by atoms with Gasteiger partial charge in [0.2, 0.25) is 0 Å². The fourth-order valence-electron chi connectivity index (χ4n) is 1.87. The molecule has 0 saturated heterocycles. The van der Waals surface area contributed by atoms with Crippen molar-refractivity contribution in [3.05, 3.63) is 23.3 Å². The molecule has 1 aliphatic heterocycles. The molecule has 1 aliphatic rings. The fraction of sp³-hybridized carbons (Fsp3) is 0.333. The first-order valence-corrected chi connectivity index (χ1v) is 5.25. The van der Waals surface area contributed by atoms with Crippen LogP contribution in [0.4, 0.5) is 0 Å². The van der Waals surface area contributed by atoms with Crippen LogP contribution >= 0.6 is 0 Å². The number of carbonyl (C=O) groups is 2. The Morgan fingerprint density at radius 2 is 2.12 bits per heavy atom. The number of hydrogen-bond donors (Lipinski definition) is 2. The maximum absolute atomic E-state index is 11.2. The second-order valence-corrected chi connectivity index (χ2v) is 4.02. The molecule has 1 heterocycles. The number of aliphatic carboxylic acids is 1. The third-order valence-electron chi connectivity index (χ3n) is 2.78. The van der Waals surface area contributed by atoms with E-state index in [1.54, 1.807) is 6.07 Å². The molecule has 0 radical (unpaired) electrons. The number of phenolic OH excluding ortho intramolecular Hbond substituents is 1. The second-order valence-electron chi connectivity index (χ2n) is 4.02. The van der Waals surface area contributed by atoms with Gasteiger partial charge in [0.25, 0.3) is 0 Å². The van der Waals surface area contributed by atoms with Crippen molar-refractivity contribution in [3.63, 3.8) is 0 Å². The highest BCUT2D eigenvalue weighted by Crippen LogP contribution is 2.33. The van der Waals surface area contributed by atoms with Gasteiger partial charge >= 0.3 is 5.97 Å². The number of aromatic hydroxyl groups is 1. The minimum Gasteiger partial charge on any atom is -0.507 e. The Balaban J connectivity index is 2.38. The molecule has 0 fully saturated rings. The van der Waals surface area contributed by atoms with Gasteiger partial charge in [0.15, 0.2) is 11.9 Å². The van der Waals surface area contributed by atoms with Crippen LogP contribution in [0.2, 0.25) is 0 Å². The van der Waals surface area contributed by atoms with E-state index in [9.17, 15) is 14.7 Å². The third kappa shape index (κ3) is 2.08. The van der Waals surface area contributed by atoms with E-state index in [0.717, 1.165) is 5.56 Å². The van der Waals surface area contributed by atoms with Crippen LogP contribution in [0.15, 0.2) is 12.1 Å². The van der Waals surface area contributed by atoms with Crippen LogP contribution in [-0.2, 0) is 11.2 Å². The Hall–Kier alpha value is -2.04. The fourth-order valence-corrected chi connectivity index (χ4v) is 1.87. The highest BCUT2D eigenvalue weighted by atomic mass is 16.5. The summed E-state index contributed by atoms with van der Waals surface area (Å²) in [5.74, 6) is -1.09. The summed E-state index contributed by atoms with van der Waals surface area (Å²) in [7, 11) is 0. The number of aryl methyl sites for hydroxylation is 1. The van der Waals surface area contributed by atoms with E-state index in [-0.39, 0.29) is 17.1 Å². The van der Waals surface area contributed by atoms with Gasteiger partial charge in [-0.3, -0.25) is 4.79 Å². The summed E-state index contributed by atoms with van der Waals surface area (Å²) >= 11 is 0. The minimum atomic E-state index is -1.02. The lowest BCUT2D eigenvalue weighted by Crippen LogP contribution is -2.30. The monoisotopic (exact) mass is 236 g/mol. The quantitative estimate of drug-likeness (QED) is 0.758. The Labute approximate surface area is 97.6 Å². The van der Waals surface area contributed by atoms with Gasteiger partial charge in [-0.1, -0.05) is 0 Å². The average Bonchev–Trinajstić information content (AvgIpc) is 2.26. The summed E-state index contributed by atoms with van der Waals surface area (Å²) in [6.07, 6.45) is 0.00204. The first-order chi connectivity index (χ1) is 7.99. The molecule has 0 saturated carbocycles. The smallest absolute Gasteiger partial charge is 0.344 e. The summed E-state index contributed by atoms with van der Waals surface area (Å²) in [4.78, 5) is 22.0. The van der Waals surface area contributed by atoms with Crippen LogP contribution in [-0.4, -0.2) is 28.1 Å². The van der Waals surface area contributed by atoms with Gasteiger partial charge in [0.1, 0.15) is 11.5 Å². The number of ether oxygens (including phenoxy) is 1. The van der Waals surface area contributed by atoms with Gasteiger partial charge in [-0.05, 0) is 31.4 Å². The predicted octanol–water partition coefficient (Wildman–Crippen LogP) is 1.37. The zero-order chi connectivity index (χ0) is 12.6. The third-order valence-corrected chi connectivity index (χ3v) is 2.78. The molecule has 0 spiro atoms. The second kappa shape index (κ2) is 4.08. The van der Waals surface area contributed by atoms with E-state index in [1.165, 1.54) is 13.0 Å². The van der Waals surface area contributed by atoms with E-state index in [1.807, 2.05) is 0 Å². The molecule has 2 rings (SSSR count). The molecule has 90 valence electrons. The lowest BCUT2D eigenvalue weighted by molar-refractivity contribution is -0.145. The standard InChI is InChI=1S/C12H12O5/c1-6(13)8-4-7-2-3-10(12(15)16)17-11(7)5-9(8)14/h4-5,10,14H,2-3H2,1H3,(H,15,16). The molecule has 1 aromatic carbocycles. The van der Waals surface area contributed by atoms with Crippen molar-refractivity contribution in [3.8, 4) is 11.5 Å². The van der Waals surface area contributed by atoms with Gasteiger partial charge in [-0.2, -0.15) is 0 Å². The number of rotatable bonds is 2. The lowest BCUT2D eigenvalue weighted by Gasteiger charge is -2.23. The van der Waals surface area contributed by atoms with Crippen molar-refractivity contribution < 1.29 is 24.5 Å². The molecule has 0 bridgehead atoms. The molecule has 1 unspecified atom stereocenters. The van der Waals surface area contributed by atoms with Crippen LogP contribution in [0, 0.1) is 0 Å². The van der Waals surface area contributed by atoms with Gasteiger partial charge in [0.05, 0.1) is 5.56 Å². The van der Waals surface area contributed by atoms with E-state index in [0.29, 0.717) is 18.6 Å². The molecule has 5 heteroatoms. The number of phenols is 1. The Morgan fingerprint density at radius 1 is 1.41 bits per heavy atom. The molecule has 2 N–H and O–H groups in total. The van der Waals surface area contributed by atoms with E-state index < -0.39 is 12.1 Å². The number of Topliss-reactive ketones (excluding diaryl/α,β-unsaturated/α-hetero) is 1. The first-order valence-electron chi connectivity index (χ1n) is 5.25. The zero-order valence-electron chi connectivity index (χ0n) is 9.27. The maximum atomic E-state index is 11.2. The number of benzene rings is 1. The predicted molar refractivity (Wildman–Crippen MR) is 58.5 cm³/mol. The number of carbonyl (C=O) groups excluding carboxylic acids is 1. The van der Waals surface area contributed by atoms with Crippen LogP contribution in [0.5, 0.6) is 11.5 Å². The number of fused-ring (bicyclic) bond motifs is 1. The highest BCUT2D eigenvalue weighted by Gasteiger charge is 2.27. The largest absolute Gasteiger partial charge is 0.507 e. The van der Waals surface area contributed by atoms with Gasteiger partial charge in [0, 0.05) is 6.07 Å². The average molecular weight is 236 g/mol. The van der Waals surface area contributed by atoms with Gasteiger partial charge < -0.3 is 14.9 Å². The molecule has 5 nitrogen and oxygen atoms in total. The van der Waals surface area contributed by atoms with Crippen LogP contribution in [0.25, 0.3) is 0 Å². The Bertz CT molecular complexity index is 492. The molecule has 1 atom stereocenters. The van der Waals surface area contributed by atoms with Crippen LogP contribution < -0.4 is 4.74 Å². The number of carboxylic acid groups (broad SMARTS) is 1. The van der Waals surface area contributed by atoms with Crippen molar-refractivity contribution in [2.24, 2.45) is 0 Å².